The first-order valence-electron chi connectivity index (χ1n) is 6.35. The molecule has 0 unspecified atom stereocenters. The Balaban J connectivity index is 2.52. The fourth-order valence-corrected chi connectivity index (χ4v) is 1.77. The number of unbranched alkanes of at least 4 members (excludes halogenated alkanes) is 1. The standard InChI is InChI=1S/C14H22N2O/c1-2-7-12-8-3-4-9-13(12)16-14(17)10-5-6-11-15/h3-4,8-9H,2,5-7,10-11,15H2,1H3,(H,16,17). The van der Waals surface area contributed by atoms with Crippen molar-refractivity contribution in [3.63, 3.8) is 0 Å². The summed E-state index contributed by atoms with van der Waals surface area (Å²) in [7, 11) is 0. The number of anilines is 1. The summed E-state index contributed by atoms with van der Waals surface area (Å²) >= 11 is 0. The van der Waals surface area contributed by atoms with Gasteiger partial charge in [-0.3, -0.25) is 4.79 Å². The Kier molecular flexibility index (Phi) is 6.33. The van der Waals surface area contributed by atoms with E-state index in [0.29, 0.717) is 13.0 Å². The van der Waals surface area contributed by atoms with E-state index >= 15 is 0 Å². The summed E-state index contributed by atoms with van der Waals surface area (Å²) in [6.07, 6.45) is 4.40. The van der Waals surface area contributed by atoms with Gasteiger partial charge in [-0.2, -0.15) is 0 Å². The minimum absolute atomic E-state index is 0.0852. The number of benzene rings is 1. The van der Waals surface area contributed by atoms with Crippen molar-refractivity contribution >= 4 is 11.6 Å². The topological polar surface area (TPSA) is 55.1 Å². The third kappa shape index (κ3) is 5.00. The van der Waals surface area contributed by atoms with Gasteiger partial charge in [0.1, 0.15) is 0 Å². The number of rotatable bonds is 7. The van der Waals surface area contributed by atoms with Gasteiger partial charge in [-0.05, 0) is 37.4 Å². The van der Waals surface area contributed by atoms with Gasteiger partial charge in [0.05, 0.1) is 0 Å². The number of carbonyl (C=O) groups is 1. The molecular formula is C14H22N2O. The molecule has 0 heterocycles. The van der Waals surface area contributed by atoms with Crippen LogP contribution >= 0.6 is 0 Å². The minimum atomic E-state index is 0.0852. The third-order valence-corrected chi connectivity index (χ3v) is 2.67. The average molecular weight is 234 g/mol. The number of hydrogen-bond acceptors (Lipinski definition) is 2. The van der Waals surface area contributed by atoms with Crippen LogP contribution in [0.5, 0.6) is 0 Å². The Morgan fingerprint density at radius 1 is 1.29 bits per heavy atom. The van der Waals surface area contributed by atoms with E-state index in [0.717, 1.165) is 31.4 Å². The highest BCUT2D eigenvalue weighted by atomic mass is 16.1. The normalized spacial score (nSPS) is 10.2. The van der Waals surface area contributed by atoms with Crippen LogP contribution in [-0.4, -0.2) is 12.5 Å². The number of para-hydroxylation sites is 1. The molecule has 0 aliphatic rings. The minimum Gasteiger partial charge on any atom is -0.330 e. The Bertz CT molecular complexity index is 350. The Morgan fingerprint density at radius 3 is 2.76 bits per heavy atom. The Morgan fingerprint density at radius 2 is 2.06 bits per heavy atom. The van der Waals surface area contributed by atoms with Crippen LogP contribution in [0.2, 0.25) is 0 Å². The van der Waals surface area contributed by atoms with E-state index in [9.17, 15) is 4.79 Å². The van der Waals surface area contributed by atoms with Gasteiger partial charge in [0.15, 0.2) is 0 Å². The van der Waals surface area contributed by atoms with Crippen LogP contribution in [0.15, 0.2) is 24.3 Å². The molecule has 0 aliphatic carbocycles. The van der Waals surface area contributed by atoms with E-state index in [-0.39, 0.29) is 5.91 Å². The fourth-order valence-electron chi connectivity index (χ4n) is 1.77. The zero-order valence-corrected chi connectivity index (χ0v) is 10.5. The van der Waals surface area contributed by atoms with Crippen molar-refractivity contribution in [2.75, 3.05) is 11.9 Å². The van der Waals surface area contributed by atoms with E-state index in [2.05, 4.69) is 18.3 Å². The molecule has 0 aliphatic heterocycles. The summed E-state index contributed by atoms with van der Waals surface area (Å²) < 4.78 is 0. The second-order valence-electron chi connectivity index (χ2n) is 4.20. The summed E-state index contributed by atoms with van der Waals surface area (Å²) in [6, 6.07) is 7.99. The lowest BCUT2D eigenvalue weighted by molar-refractivity contribution is -0.116. The number of aryl methyl sites for hydroxylation is 1. The molecular weight excluding hydrogens is 212 g/mol. The van der Waals surface area contributed by atoms with Gasteiger partial charge in [-0.15, -0.1) is 0 Å². The number of hydrogen-bond donors (Lipinski definition) is 2. The van der Waals surface area contributed by atoms with Crippen molar-refractivity contribution in [2.24, 2.45) is 5.73 Å². The first-order valence-corrected chi connectivity index (χ1v) is 6.35. The molecule has 1 rings (SSSR count). The highest BCUT2D eigenvalue weighted by Crippen LogP contribution is 2.17. The van der Waals surface area contributed by atoms with Crippen molar-refractivity contribution in [1.29, 1.82) is 0 Å². The summed E-state index contributed by atoms with van der Waals surface area (Å²) in [4.78, 5) is 11.7. The molecule has 0 radical (unpaired) electrons. The van der Waals surface area contributed by atoms with Crippen LogP contribution in [0, 0.1) is 0 Å². The molecule has 0 bridgehead atoms. The number of amides is 1. The highest BCUT2D eigenvalue weighted by Gasteiger charge is 2.05. The molecule has 1 aromatic carbocycles. The predicted molar refractivity (Wildman–Crippen MR) is 72.0 cm³/mol. The smallest absolute Gasteiger partial charge is 0.224 e. The van der Waals surface area contributed by atoms with Crippen LogP contribution in [0.4, 0.5) is 5.69 Å². The molecule has 0 spiro atoms. The average Bonchev–Trinajstić information content (AvgIpc) is 2.32. The van der Waals surface area contributed by atoms with Crippen LogP contribution < -0.4 is 11.1 Å². The number of carbonyl (C=O) groups excluding carboxylic acids is 1. The van der Waals surface area contributed by atoms with Gasteiger partial charge in [0.2, 0.25) is 5.91 Å². The lowest BCUT2D eigenvalue weighted by Gasteiger charge is -2.10. The molecule has 3 N–H and O–H groups in total. The summed E-state index contributed by atoms with van der Waals surface area (Å²) in [5, 5.41) is 2.97. The molecule has 17 heavy (non-hydrogen) atoms. The number of nitrogens with two attached hydrogens (primary N) is 1. The zero-order chi connectivity index (χ0) is 12.5. The Hall–Kier alpha value is -1.35. The molecule has 0 aromatic heterocycles. The second kappa shape index (κ2) is 7.85. The fraction of sp³-hybridized carbons (Fsp3) is 0.500. The molecule has 0 saturated carbocycles. The second-order valence-corrected chi connectivity index (χ2v) is 4.20. The van der Waals surface area contributed by atoms with E-state index in [1.54, 1.807) is 0 Å². The maximum absolute atomic E-state index is 11.7. The third-order valence-electron chi connectivity index (χ3n) is 2.67. The largest absolute Gasteiger partial charge is 0.330 e. The molecule has 0 fully saturated rings. The quantitative estimate of drug-likeness (QED) is 0.713. The molecule has 3 nitrogen and oxygen atoms in total. The molecule has 0 atom stereocenters. The lowest BCUT2D eigenvalue weighted by atomic mass is 10.1. The SMILES string of the molecule is CCCc1ccccc1NC(=O)CCCCN. The Labute approximate surface area is 103 Å². The van der Waals surface area contributed by atoms with E-state index < -0.39 is 0 Å². The van der Waals surface area contributed by atoms with Crippen LogP contribution in [-0.2, 0) is 11.2 Å². The molecule has 94 valence electrons. The highest BCUT2D eigenvalue weighted by molar-refractivity contribution is 5.91. The van der Waals surface area contributed by atoms with Crippen molar-refractivity contribution < 1.29 is 4.79 Å². The number of nitrogens with one attached hydrogen (secondary N) is 1. The molecule has 1 aromatic rings. The maximum Gasteiger partial charge on any atom is 0.224 e. The first kappa shape index (κ1) is 13.7. The van der Waals surface area contributed by atoms with Gasteiger partial charge in [-0.1, -0.05) is 31.5 Å². The first-order chi connectivity index (χ1) is 8.27. The van der Waals surface area contributed by atoms with Crippen molar-refractivity contribution in [3.8, 4) is 0 Å². The molecule has 0 saturated heterocycles. The van der Waals surface area contributed by atoms with E-state index in [1.807, 2.05) is 18.2 Å². The van der Waals surface area contributed by atoms with Crippen molar-refractivity contribution in [2.45, 2.75) is 39.0 Å². The molecule has 3 heteroatoms. The predicted octanol–water partition coefficient (Wildman–Crippen LogP) is 2.71. The van der Waals surface area contributed by atoms with Gasteiger partial charge >= 0.3 is 0 Å². The molecule has 1 amide bonds. The summed E-state index contributed by atoms with van der Waals surface area (Å²) in [5.41, 5.74) is 7.56. The van der Waals surface area contributed by atoms with Gasteiger partial charge < -0.3 is 11.1 Å². The summed E-state index contributed by atoms with van der Waals surface area (Å²) in [5.74, 6) is 0.0852. The van der Waals surface area contributed by atoms with E-state index in [4.69, 9.17) is 5.73 Å². The van der Waals surface area contributed by atoms with Crippen LogP contribution in [0.25, 0.3) is 0 Å². The van der Waals surface area contributed by atoms with Gasteiger partial charge in [-0.25, -0.2) is 0 Å². The summed E-state index contributed by atoms with van der Waals surface area (Å²) in [6.45, 7) is 2.79. The van der Waals surface area contributed by atoms with E-state index in [1.165, 1.54) is 5.56 Å². The van der Waals surface area contributed by atoms with Crippen LogP contribution in [0.3, 0.4) is 0 Å². The van der Waals surface area contributed by atoms with Crippen molar-refractivity contribution in [3.05, 3.63) is 29.8 Å². The zero-order valence-electron chi connectivity index (χ0n) is 10.5. The lowest BCUT2D eigenvalue weighted by Crippen LogP contribution is -2.13. The van der Waals surface area contributed by atoms with Crippen molar-refractivity contribution in [1.82, 2.24) is 0 Å². The maximum atomic E-state index is 11.7. The van der Waals surface area contributed by atoms with Crippen LogP contribution in [0.1, 0.15) is 38.2 Å². The van der Waals surface area contributed by atoms with Gasteiger partial charge in [0, 0.05) is 12.1 Å². The monoisotopic (exact) mass is 234 g/mol. The van der Waals surface area contributed by atoms with Gasteiger partial charge in [0.25, 0.3) is 0 Å².